The predicted octanol–water partition coefficient (Wildman–Crippen LogP) is 6.23. The fourth-order valence-electron chi connectivity index (χ4n) is 4.33. The first-order valence-corrected chi connectivity index (χ1v) is 15.9. The molecule has 3 aromatic carbocycles. The monoisotopic (exact) mass is 633 g/mol. The Hall–Kier alpha value is -3.27. The SMILES string of the molecule is CC[C@@H](C)NC(=O)[C@H](CC)N(Cc1c(Cl)cccc1Cl)C(=O)CN(c1ccc(OC)cc1)S(=O)(=O)c1ccc(C)cc1. The first kappa shape index (κ1) is 33.2. The number of carbonyl (C=O) groups excluding carboxylic acids is 2. The molecule has 0 saturated heterocycles. The van der Waals surface area contributed by atoms with Crippen molar-refractivity contribution in [3.63, 3.8) is 0 Å². The van der Waals surface area contributed by atoms with E-state index in [1.54, 1.807) is 61.5 Å². The highest BCUT2D eigenvalue weighted by Crippen LogP contribution is 2.29. The molecule has 3 aromatic rings. The minimum Gasteiger partial charge on any atom is -0.497 e. The normalized spacial score (nSPS) is 12.7. The Morgan fingerprint density at radius 3 is 2.05 bits per heavy atom. The number of nitrogens with zero attached hydrogens (tertiary/aromatic N) is 2. The Morgan fingerprint density at radius 2 is 1.52 bits per heavy atom. The summed E-state index contributed by atoms with van der Waals surface area (Å²) in [4.78, 5) is 29.0. The molecule has 0 saturated carbocycles. The van der Waals surface area contributed by atoms with E-state index < -0.39 is 28.5 Å². The molecule has 0 aliphatic rings. The molecule has 2 atom stereocenters. The average Bonchev–Trinajstić information content (AvgIpc) is 2.97. The summed E-state index contributed by atoms with van der Waals surface area (Å²) in [6, 6.07) is 16.7. The number of ether oxygens (including phenoxy) is 1. The van der Waals surface area contributed by atoms with Gasteiger partial charge in [0.15, 0.2) is 0 Å². The number of carbonyl (C=O) groups is 2. The molecule has 11 heteroatoms. The number of sulfonamides is 1. The lowest BCUT2D eigenvalue weighted by Gasteiger charge is -2.34. The van der Waals surface area contributed by atoms with Gasteiger partial charge in [-0.1, -0.05) is 60.8 Å². The van der Waals surface area contributed by atoms with Crippen molar-refractivity contribution < 1.29 is 22.7 Å². The Labute approximate surface area is 258 Å². The van der Waals surface area contributed by atoms with E-state index in [9.17, 15) is 18.0 Å². The molecule has 0 aliphatic heterocycles. The van der Waals surface area contributed by atoms with Gasteiger partial charge in [0.2, 0.25) is 11.8 Å². The Morgan fingerprint density at radius 1 is 0.929 bits per heavy atom. The van der Waals surface area contributed by atoms with Crippen LogP contribution < -0.4 is 14.4 Å². The molecule has 2 amide bonds. The van der Waals surface area contributed by atoms with Crippen LogP contribution >= 0.6 is 23.2 Å². The van der Waals surface area contributed by atoms with Gasteiger partial charge in [-0.05, 0) is 75.2 Å². The second kappa shape index (κ2) is 14.8. The average molecular weight is 635 g/mol. The second-order valence-electron chi connectivity index (χ2n) is 9.99. The van der Waals surface area contributed by atoms with E-state index in [0.717, 1.165) is 9.87 Å². The second-order valence-corrected chi connectivity index (χ2v) is 12.7. The minimum absolute atomic E-state index is 0.0268. The first-order valence-electron chi connectivity index (χ1n) is 13.7. The number of hydrogen-bond donors (Lipinski definition) is 1. The van der Waals surface area contributed by atoms with Crippen molar-refractivity contribution in [2.45, 2.75) is 64.1 Å². The van der Waals surface area contributed by atoms with E-state index in [1.165, 1.54) is 24.1 Å². The molecule has 0 spiro atoms. The fourth-order valence-corrected chi connectivity index (χ4v) is 6.26. The third-order valence-corrected chi connectivity index (χ3v) is 9.52. The third-order valence-electron chi connectivity index (χ3n) is 7.03. The lowest BCUT2D eigenvalue weighted by atomic mass is 10.1. The number of amides is 2. The quantitative estimate of drug-likeness (QED) is 0.241. The molecule has 0 bridgehead atoms. The molecule has 0 aromatic heterocycles. The summed E-state index contributed by atoms with van der Waals surface area (Å²) in [5, 5.41) is 3.61. The number of anilines is 1. The maximum absolute atomic E-state index is 14.2. The van der Waals surface area contributed by atoms with Gasteiger partial charge in [0.05, 0.1) is 17.7 Å². The van der Waals surface area contributed by atoms with Crippen LogP contribution in [0.4, 0.5) is 5.69 Å². The van der Waals surface area contributed by atoms with Gasteiger partial charge in [0.1, 0.15) is 18.3 Å². The number of benzene rings is 3. The molecule has 0 fully saturated rings. The van der Waals surface area contributed by atoms with E-state index in [-0.39, 0.29) is 35.5 Å². The van der Waals surface area contributed by atoms with Crippen LogP contribution in [0.2, 0.25) is 10.0 Å². The number of rotatable bonds is 13. The van der Waals surface area contributed by atoms with Crippen molar-refractivity contribution in [1.82, 2.24) is 10.2 Å². The van der Waals surface area contributed by atoms with Crippen LogP contribution in [0.3, 0.4) is 0 Å². The Balaban J connectivity index is 2.10. The lowest BCUT2D eigenvalue weighted by Crippen LogP contribution is -2.53. The van der Waals surface area contributed by atoms with Gasteiger partial charge in [-0.3, -0.25) is 13.9 Å². The predicted molar refractivity (Wildman–Crippen MR) is 168 cm³/mol. The number of aryl methyl sites for hydroxylation is 1. The number of halogens is 2. The van der Waals surface area contributed by atoms with E-state index in [2.05, 4.69) is 5.32 Å². The molecular weight excluding hydrogens is 597 g/mol. The fraction of sp³-hybridized carbons (Fsp3) is 0.355. The maximum Gasteiger partial charge on any atom is 0.264 e. The topological polar surface area (TPSA) is 96.0 Å². The zero-order valence-electron chi connectivity index (χ0n) is 24.4. The molecule has 0 unspecified atom stereocenters. The van der Waals surface area contributed by atoms with Crippen LogP contribution in [-0.4, -0.2) is 50.9 Å². The maximum atomic E-state index is 14.2. The summed E-state index contributed by atoms with van der Waals surface area (Å²) in [6.45, 7) is 6.80. The summed E-state index contributed by atoms with van der Waals surface area (Å²) >= 11 is 12.9. The molecule has 8 nitrogen and oxygen atoms in total. The Bertz CT molecular complexity index is 1460. The van der Waals surface area contributed by atoms with Crippen LogP contribution in [0.25, 0.3) is 0 Å². The number of methoxy groups -OCH3 is 1. The summed E-state index contributed by atoms with van der Waals surface area (Å²) in [5.41, 5.74) is 1.61. The summed E-state index contributed by atoms with van der Waals surface area (Å²) in [6.07, 6.45) is 0.982. The smallest absolute Gasteiger partial charge is 0.264 e. The van der Waals surface area contributed by atoms with Gasteiger partial charge in [-0.15, -0.1) is 0 Å². The van der Waals surface area contributed by atoms with E-state index in [4.69, 9.17) is 27.9 Å². The van der Waals surface area contributed by atoms with Crippen LogP contribution in [0.1, 0.15) is 44.7 Å². The van der Waals surface area contributed by atoms with Crippen molar-refractivity contribution in [3.05, 3.63) is 87.9 Å². The minimum atomic E-state index is -4.19. The van der Waals surface area contributed by atoms with E-state index in [1.807, 2.05) is 20.8 Å². The molecule has 0 radical (unpaired) electrons. The van der Waals surface area contributed by atoms with Crippen molar-refractivity contribution in [3.8, 4) is 5.75 Å². The van der Waals surface area contributed by atoms with Crippen LogP contribution in [-0.2, 0) is 26.2 Å². The van der Waals surface area contributed by atoms with Crippen molar-refractivity contribution in [1.29, 1.82) is 0 Å². The standard InChI is InChI=1S/C31H37Cl2N3O5S/c1-6-22(4)34-31(38)29(7-2)35(19-26-27(32)9-8-10-28(26)33)30(37)20-36(23-13-15-24(41-5)16-14-23)42(39,40)25-17-11-21(3)12-18-25/h8-18,22,29H,6-7,19-20H2,1-5H3,(H,34,38)/t22-,29+/m1/s1. The zero-order valence-corrected chi connectivity index (χ0v) is 26.8. The van der Waals surface area contributed by atoms with Crippen LogP contribution in [0.15, 0.2) is 71.6 Å². The summed E-state index contributed by atoms with van der Waals surface area (Å²) in [7, 11) is -2.69. The van der Waals surface area contributed by atoms with Gasteiger partial charge in [0, 0.05) is 28.2 Å². The molecule has 3 rings (SSSR count). The highest BCUT2D eigenvalue weighted by Gasteiger charge is 2.34. The van der Waals surface area contributed by atoms with Crippen molar-refractivity contribution in [2.75, 3.05) is 18.0 Å². The summed E-state index contributed by atoms with van der Waals surface area (Å²) in [5.74, 6) is -0.412. The van der Waals surface area contributed by atoms with Crippen molar-refractivity contribution in [2.24, 2.45) is 0 Å². The molecule has 226 valence electrons. The zero-order chi connectivity index (χ0) is 31.0. The van der Waals surface area contributed by atoms with E-state index >= 15 is 0 Å². The van der Waals surface area contributed by atoms with Gasteiger partial charge < -0.3 is 15.0 Å². The van der Waals surface area contributed by atoms with Gasteiger partial charge in [-0.25, -0.2) is 8.42 Å². The highest BCUT2D eigenvalue weighted by atomic mass is 35.5. The molecule has 42 heavy (non-hydrogen) atoms. The third kappa shape index (κ3) is 7.96. The van der Waals surface area contributed by atoms with Gasteiger partial charge in [0.25, 0.3) is 10.0 Å². The van der Waals surface area contributed by atoms with Crippen LogP contribution in [0, 0.1) is 6.92 Å². The Kier molecular flexibility index (Phi) is 11.7. The lowest BCUT2D eigenvalue weighted by molar-refractivity contribution is -0.140. The van der Waals surface area contributed by atoms with Crippen LogP contribution in [0.5, 0.6) is 5.75 Å². The molecule has 0 heterocycles. The van der Waals surface area contributed by atoms with E-state index in [0.29, 0.717) is 27.8 Å². The highest BCUT2D eigenvalue weighted by molar-refractivity contribution is 7.92. The number of nitrogens with one attached hydrogen (secondary N) is 1. The molecule has 1 N–H and O–H groups in total. The summed E-state index contributed by atoms with van der Waals surface area (Å²) < 4.78 is 34.2. The van der Waals surface area contributed by atoms with Gasteiger partial charge in [-0.2, -0.15) is 0 Å². The van der Waals surface area contributed by atoms with Crippen molar-refractivity contribution >= 4 is 50.7 Å². The van der Waals surface area contributed by atoms with Gasteiger partial charge >= 0.3 is 0 Å². The molecule has 0 aliphatic carbocycles. The largest absolute Gasteiger partial charge is 0.497 e. The molecular formula is C31H37Cl2N3O5S. The number of hydrogen-bond acceptors (Lipinski definition) is 5. The first-order chi connectivity index (χ1) is 19.9.